The zero-order chi connectivity index (χ0) is 22.5. The highest BCUT2D eigenvalue weighted by molar-refractivity contribution is 8.27. The van der Waals surface area contributed by atoms with Crippen LogP contribution in [-0.2, 0) is 14.3 Å². The van der Waals surface area contributed by atoms with Crippen molar-refractivity contribution in [1.29, 1.82) is 0 Å². The molecule has 0 bridgehead atoms. The van der Waals surface area contributed by atoms with Gasteiger partial charge >= 0.3 is 5.97 Å². The summed E-state index contributed by atoms with van der Waals surface area (Å²) in [5.74, 6) is -0.381. The fourth-order valence-electron chi connectivity index (χ4n) is 2.73. The van der Waals surface area contributed by atoms with Gasteiger partial charge in [-0.2, -0.15) is 0 Å². The lowest BCUT2D eigenvalue weighted by molar-refractivity contribution is -0.384. The molecule has 9 nitrogen and oxygen atoms in total. The smallest absolute Gasteiger partial charge is 0.343 e. The monoisotopic (exact) mass is 460 g/mol. The molecule has 3 rings (SSSR count). The maximum atomic E-state index is 13.0. The number of rotatable bonds is 7. The first-order chi connectivity index (χ1) is 14.8. The number of carbonyl (C=O) groups excluding carboxylic acids is 2. The molecule has 0 saturated carbocycles. The molecule has 0 spiro atoms. The Hall–Kier alpha value is -3.44. The fraction of sp³-hybridized carbons (Fsp3) is 0.150. The molecular weight excluding hydrogens is 444 g/mol. The number of thiocarbonyl (C=S) groups is 1. The largest absolute Gasteiger partial charge is 0.493 e. The number of para-hydroxylation sites is 1. The highest BCUT2D eigenvalue weighted by atomic mass is 32.2. The van der Waals surface area contributed by atoms with Crippen molar-refractivity contribution in [1.82, 2.24) is 0 Å². The number of benzene rings is 2. The molecule has 11 heteroatoms. The van der Waals surface area contributed by atoms with Crippen molar-refractivity contribution in [2.24, 2.45) is 0 Å². The van der Waals surface area contributed by atoms with Crippen LogP contribution in [0.4, 0.5) is 11.4 Å². The van der Waals surface area contributed by atoms with E-state index in [0.717, 1.165) is 11.8 Å². The molecule has 1 fully saturated rings. The SMILES string of the molecule is COC(=O)COc1c(/C=C2\SC(=S)N(c3cccc([N+](=O)[O-])c3)C2=O)cccc1OC. The van der Waals surface area contributed by atoms with Gasteiger partial charge in [0.05, 0.1) is 29.7 Å². The molecule has 1 saturated heterocycles. The Morgan fingerprint density at radius 2 is 2.00 bits per heavy atom. The third kappa shape index (κ3) is 4.84. The van der Waals surface area contributed by atoms with Crippen LogP contribution in [-0.4, -0.2) is 41.9 Å². The number of nitro benzene ring substituents is 1. The Morgan fingerprint density at radius 1 is 1.26 bits per heavy atom. The number of nitro groups is 1. The van der Waals surface area contributed by atoms with Crippen molar-refractivity contribution in [2.75, 3.05) is 25.7 Å². The van der Waals surface area contributed by atoms with Crippen LogP contribution in [0.1, 0.15) is 5.56 Å². The summed E-state index contributed by atoms with van der Waals surface area (Å²) in [5, 5.41) is 11.1. The van der Waals surface area contributed by atoms with Crippen LogP contribution in [0.5, 0.6) is 11.5 Å². The quantitative estimate of drug-likeness (QED) is 0.201. The van der Waals surface area contributed by atoms with E-state index in [2.05, 4.69) is 4.74 Å². The van der Waals surface area contributed by atoms with Gasteiger partial charge < -0.3 is 14.2 Å². The maximum absolute atomic E-state index is 13.0. The Morgan fingerprint density at radius 3 is 2.68 bits per heavy atom. The third-order valence-electron chi connectivity index (χ3n) is 4.17. The van der Waals surface area contributed by atoms with E-state index in [9.17, 15) is 19.7 Å². The number of anilines is 1. The summed E-state index contributed by atoms with van der Waals surface area (Å²) in [4.78, 5) is 36.5. The lowest BCUT2D eigenvalue weighted by Crippen LogP contribution is -2.27. The van der Waals surface area contributed by atoms with Gasteiger partial charge in [0.15, 0.2) is 22.4 Å². The van der Waals surface area contributed by atoms with Gasteiger partial charge in [-0.3, -0.25) is 19.8 Å². The van der Waals surface area contributed by atoms with Gasteiger partial charge in [0.2, 0.25) is 0 Å². The van der Waals surface area contributed by atoms with Crippen molar-refractivity contribution in [2.45, 2.75) is 0 Å². The minimum absolute atomic E-state index is 0.151. The average Bonchev–Trinajstić information content (AvgIpc) is 3.05. The van der Waals surface area contributed by atoms with E-state index >= 15 is 0 Å². The van der Waals surface area contributed by atoms with Crippen LogP contribution in [0.3, 0.4) is 0 Å². The molecule has 1 amide bonds. The van der Waals surface area contributed by atoms with Gasteiger partial charge in [-0.05, 0) is 18.2 Å². The van der Waals surface area contributed by atoms with Gasteiger partial charge in [-0.25, -0.2) is 4.79 Å². The van der Waals surface area contributed by atoms with Crippen LogP contribution in [0.25, 0.3) is 6.08 Å². The van der Waals surface area contributed by atoms with Gasteiger partial charge in [0, 0.05) is 17.7 Å². The second kappa shape index (κ2) is 9.58. The minimum atomic E-state index is -0.575. The second-order valence-corrected chi connectivity index (χ2v) is 7.71. The number of hydrogen-bond donors (Lipinski definition) is 0. The number of non-ortho nitro benzene ring substituents is 1. The van der Waals surface area contributed by atoms with Crippen LogP contribution >= 0.6 is 24.0 Å². The summed E-state index contributed by atoms with van der Waals surface area (Å²) < 4.78 is 15.7. The molecule has 1 heterocycles. The first-order valence-corrected chi connectivity index (χ1v) is 9.97. The number of esters is 1. The standard InChI is InChI=1S/C20H16N2O7S2/c1-27-15-8-3-5-12(18(15)29-11-17(23)28-2)9-16-19(24)21(20(30)31-16)13-6-4-7-14(10-13)22(25)26/h3-10H,11H2,1-2H3/b16-9-. The summed E-state index contributed by atoms with van der Waals surface area (Å²) in [5.41, 5.74) is 0.637. The number of hydrogen-bond acceptors (Lipinski definition) is 9. The Labute approximate surface area is 186 Å². The van der Waals surface area contributed by atoms with E-state index in [4.69, 9.17) is 21.7 Å². The van der Waals surface area contributed by atoms with Crippen molar-refractivity contribution in [3.05, 3.63) is 63.0 Å². The molecule has 160 valence electrons. The van der Waals surface area contributed by atoms with Gasteiger partial charge in [0.25, 0.3) is 11.6 Å². The predicted molar refractivity (Wildman–Crippen MR) is 119 cm³/mol. The molecule has 0 aliphatic carbocycles. The van der Waals surface area contributed by atoms with E-state index in [1.54, 1.807) is 30.3 Å². The molecule has 1 aliphatic rings. The van der Waals surface area contributed by atoms with E-state index in [-0.39, 0.29) is 27.3 Å². The number of nitrogens with zero attached hydrogens (tertiary/aromatic N) is 2. The van der Waals surface area contributed by atoms with Crippen LogP contribution in [0.15, 0.2) is 47.4 Å². The molecule has 0 unspecified atom stereocenters. The van der Waals surface area contributed by atoms with Crippen molar-refractivity contribution in [3.8, 4) is 11.5 Å². The molecule has 2 aromatic carbocycles. The van der Waals surface area contributed by atoms with Crippen LogP contribution < -0.4 is 14.4 Å². The first kappa shape index (κ1) is 22.2. The fourth-order valence-corrected chi connectivity index (χ4v) is 4.02. The molecule has 0 atom stereocenters. The summed E-state index contributed by atoms with van der Waals surface area (Å²) in [7, 11) is 2.69. The zero-order valence-electron chi connectivity index (χ0n) is 16.4. The normalized spacial score (nSPS) is 14.6. The van der Waals surface area contributed by atoms with Gasteiger partial charge in [0.1, 0.15) is 0 Å². The maximum Gasteiger partial charge on any atom is 0.343 e. The highest BCUT2D eigenvalue weighted by Crippen LogP contribution is 2.39. The van der Waals surface area contributed by atoms with E-state index < -0.39 is 16.8 Å². The molecule has 0 radical (unpaired) electrons. The van der Waals surface area contributed by atoms with Crippen molar-refractivity contribution >= 4 is 57.6 Å². The lowest BCUT2D eigenvalue weighted by atomic mass is 10.1. The minimum Gasteiger partial charge on any atom is -0.493 e. The number of amides is 1. The lowest BCUT2D eigenvalue weighted by Gasteiger charge is -2.14. The molecule has 0 aromatic heterocycles. The summed E-state index contributed by atoms with van der Waals surface area (Å²) in [6.07, 6.45) is 1.56. The van der Waals surface area contributed by atoms with Crippen LogP contribution in [0, 0.1) is 10.1 Å². The highest BCUT2D eigenvalue weighted by Gasteiger charge is 2.34. The predicted octanol–water partition coefficient (Wildman–Crippen LogP) is 3.56. The van der Waals surface area contributed by atoms with Crippen molar-refractivity contribution < 1.29 is 28.7 Å². The Bertz CT molecular complexity index is 1100. The molecular formula is C20H16N2O7S2. The summed E-state index contributed by atoms with van der Waals surface area (Å²) in [6.45, 7) is -0.341. The third-order valence-corrected chi connectivity index (χ3v) is 5.47. The molecule has 0 N–H and O–H groups in total. The van der Waals surface area contributed by atoms with Gasteiger partial charge in [-0.1, -0.05) is 42.2 Å². The average molecular weight is 460 g/mol. The summed E-state index contributed by atoms with van der Waals surface area (Å²) >= 11 is 6.37. The van der Waals surface area contributed by atoms with E-state index in [1.807, 2.05) is 0 Å². The molecule has 1 aliphatic heterocycles. The van der Waals surface area contributed by atoms with E-state index in [1.165, 1.54) is 37.3 Å². The van der Waals surface area contributed by atoms with Gasteiger partial charge in [-0.15, -0.1) is 0 Å². The Balaban J connectivity index is 1.95. The molecule has 31 heavy (non-hydrogen) atoms. The van der Waals surface area contributed by atoms with E-state index in [0.29, 0.717) is 17.0 Å². The Kier molecular flexibility index (Phi) is 6.88. The number of thioether (sulfide) groups is 1. The topological polar surface area (TPSA) is 108 Å². The number of methoxy groups -OCH3 is 2. The van der Waals surface area contributed by atoms with Crippen LogP contribution in [0.2, 0.25) is 0 Å². The van der Waals surface area contributed by atoms with Crippen molar-refractivity contribution in [3.63, 3.8) is 0 Å². The zero-order valence-corrected chi connectivity index (χ0v) is 18.0. The first-order valence-electron chi connectivity index (χ1n) is 8.74. The second-order valence-electron chi connectivity index (χ2n) is 6.04. The molecule has 2 aromatic rings. The number of carbonyl (C=O) groups is 2. The number of ether oxygens (including phenoxy) is 3. The summed E-state index contributed by atoms with van der Waals surface area (Å²) in [6, 6.07) is 10.7.